The SMILES string of the molecule is CCCCC(NC(=O)N(CC)CC(F)(F)F)C(=O)O. The molecule has 1 unspecified atom stereocenters. The van der Waals surface area contributed by atoms with Crippen LogP contribution in [-0.2, 0) is 4.79 Å². The Kier molecular flexibility index (Phi) is 7.25. The molecule has 0 saturated carbocycles. The van der Waals surface area contributed by atoms with Crippen molar-refractivity contribution in [2.75, 3.05) is 13.1 Å². The van der Waals surface area contributed by atoms with Crippen LogP contribution in [0.2, 0.25) is 0 Å². The summed E-state index contributed by atoms with van der Waals surface area (Å²) in [5.41, 5.74) is 0. The number of rotatable bonds is 7. The standard InChI is InChI=1S/C11H19F3N2O3/c1-3-5-6-8(9(17)18)15-10(19)16(4-2)7-11(12,13)14/h8H,3-7H2,1-2H3,(H,15,19)(H,17,18). The van der Waals surface area contributed by atoms with Crippen LogP contribution in [-0.4, -0.2) is 47.3 Å². The molecule has 0 radical (unpaired) electrons. The number of carbonyl (C=O) groups is 2. The second kappa shape index (κ2) is 7.85. The average Bonchev–Trinajstić information content (AvgIpc) is 2.29. The second-order valence-corrected chi connectivity index (χ2v) is 4.11. The summed E-state index contributed by atoms with van der Waals surface area (Å²) in [7, 11) is 0. The zero-order chi connectivity index (χ0) is 15.1. The van der Waals surface area contributed by atoms with E-state index in [1.54, 1.807) is 0 Å². The lowest BCUT2D eigenvalue weighted by atomic mass is 10.1. The third kappa shape index (κ3) is 7.53. The Bertz CT molecular complexity index is 308. The van der Waals surface area contributed by atoms with Crippen LogP contribution < -0.4 is 5.32 Å². The number of urea groups is 1. The van der Waals surface area contributed by atoms with Crippen LogP contribution in [0, 0.1) is 0 Å². The number of carboxylic acids is 1. The van der Waals surface area contributed by atoms with Gasteiger partial charge in [0.25, 0.3) is 0 Å². The molecule has 2 N–H and O–H groups in total. The van der Waals surface area contributed by atoms with Gasteiger partial charge in [0.05, 0.1) is 0 Å². The maximum absolute atomic E-state index is 12.2. The van der Waals surface area contributed by atoms with E-state index in [9.17, 15) is 22.8 Å². The van der Waals surface area contributed by atoms with Gasteiger partial charge in [-0.25, -0.2) is 9.59 Å². The van der Waals surface area contributed by atoms with Crippen molar-refractivity contribution >= 4 is 12.0 Å². The van der Waals surface area contributed by atoms with E-state index in [0.29, 0.717) is 11.3 Å². The van der Waals surface area contributed by atoms with Crippen molar-refractivity contribution in [1.82, 2.24) is 10.2 Å². The van der Waals surface area contributed by atoms with Crippen LogP contribution in [0.4, 0.5) is 18.0 Å². The van der Waals surface area contributed by atoms with Gasteiger partial charge in [-0.15, -0.1) is 0 Å². The first-order valence-corrected chi connectivity index (χ1v) is 6.06. The highest BCUT2D eigenvalue weighted by Crippen LogP contribution is 2.16. The number of nitrogens with one attached hydrogen (secondary N) is 1. The summed E-state index contributed by atoms with van der Waals surface area (Å²) in [6.45, 7) is 1.71. The van der Waals surface area contributed by atoms with Gasteiger partial charge in [0.15, 0.2) is 0 Å². The van der Waals surface area contributed by atoms with E-state index in [1.807, 2.05) is 6.92 Å². The van der Waals surface area contributed by atoms with Crippen molar-refractivity contribution in [2.24, 2.45) is 0 Å². The maximum Gasteiger partial charge on any atom is 0.406 e. The van der Waals surface area contributed by atoms with Crippen LogP contribution in [0.15, 0.2) is 0 Å². The van der Waals surface area contributed by atoms with Crippen molar-refractivity contribution in [2.45, 2.75) is 45.3 Å². The molecule has 1 atom stereocenters. The van der Waals surface area contributed by atoms with Gasteiger partial charge in [-0.1, -0.05) is 19.8 Å². The van der Waals surface area contributed by atoms with Crippen LogP contribution >= 0.6 is 0 Å². The minimum absolute atomic E-state index is 0.147. The molecule has 0 aliphatic rings. The van der Waals surface area contributed by atoms with Crippen LogP contribution in [0.3, 0.4) is 0 Å². The number of aliphatic carboxylic acids is 1. The predicted molar refractivity (Wildman–Crippen MR) is 62.8 cm³/mol. The van der Waals surface area contributed by atoms with E-state index in [0.717, 1.165) is 6.42 Å². The summed E-state index contributed by atoms with van der Waals surface area (Å²) in [5, 5.41) is 11.0. The zero-order valence-corrected chi connectivity index (χ0v) is 11.0. The lowest BCUT2D eigenvalue weighted by Crippen LogP contribution is -2.50. The van der Waals surface area contributed by atoms with Crippen LogP contribution in [0.1, 0.15) is 33.1 Å². The third-order valence-electron chi connectivity index (χ3n) is 2.48. The number of halogens is 3. The molecular formula is C11H19F3N2O3. The van der Waals surface area contributed by atoms with Crippen molar-refractivity contribution < 1.29 is 27.9 Å². The number of alkyl halides is 3. The highest BCUT2D eigenvalue weighted by Gasteiger charge is 2.33. The van der Waals surface area contributed by atoms with E-state index >= 15 is 0 Å². The van der Waals surface area contributed by atoms with Crippen LogP contribution in [0.5, 0.6) is 0 Å². The summed E-state index contributed by atoms with van der Waals surface area (Å²) in [6.07, 6.45) is -3.00. The first kappa shape index (κ1) is 17.5. The van der Waals surface area contributed by atoms with Gasteiger partial charge in [0.1, 0.15) is 12.6 Å². The van der Waals surface area contributed by atoms with Gasteiger partial charge in [0.2, 0.25) is 0 Å². The molecule has 0 bridgehead atoms. The molecule has 0 saturated heterocycles. The molecule has 0 fully saturated rings. The Balaban J connectivity index is 4.55. The summed E-state index contributed by atoms with van der Waals surface area (Å²) in [5.74, 6) is -1.25. The largest absolute Gasteiger partial charge is 0.480 e. The Morgan fingerprint density at radius 2 is 1.89 bits per heavy atom. The molecule has 0 aromatic heterocycles. The maximum atomic E-state index is 12.2. The van der Waals surface area contributed by atoms with Gasteiger partial charge < -0.3 is 15.3 Å². The summed E-state index contributed by atoms with van der Waals surface area (Å²) < 4.78 is 36.6. The summed E-state index contributed by atoms with van der Waals surface area (Å²) in [4.78, 5) is 23.0. The van der Waals surface area contributed by atoms with Crippen molar-refractivity contribution in [3.8, 4) is 0 Å². The summed E-state index contributed by atoms with van der Waals surface area (Å²) >= 11 is 0. The highest BCUT2D eigenvalue weighted by atomic mass is 19.4. The minimum atomic E-state index is -4.50. The van der Waals surface area contributed by atoms with E-state index in [1.165, 1.54) is 6.92 Å². The Morgan fingerprint density at radius 1 is 1.32 bits per heavy atom. The lowest BCUT2D eigenvalue weighted by molar-refractivity contribution is -0.140. The van der Waals surface area contributed by atoms with E-state index < -0.39 is 30.8 Å². The molecule has 0 heterocycles. The van der Waals surface area contributed by atoms with Crippen molar-refractivity contribution in [1.29, 1.82) is 0 Å². The monoisotopic (exact) mass is 284 g/mol. The number of carbonyl (C=O) groups excluding carboxylic acids is 1. The van der Waals surface area contributed by atoms with Crippen molar-refractivity contribution in [3.05, 3.63) is 0 Å². The molecule has 0 rings (SSSR count). The molecule has 0 aliphatic heterocycles. The van der Waals surface area contributed by atoms with Crippen molar-refractivity contribution in [3.63, 3.8) is 0 Å². The number of carboxylic acid groups (broad SMARTS) is 1. The first-order valence-electron chi connectivity index (χ1n) is 6.06. The Morgan fingerprint density at radius 3 is 2.26 bits per heavy atom. The normalized spacial score (nSPS) is 12.9. The topological polar surface area (TPSA) is 69.6 Å². The molecule has 19 heavy (non-hydrogen) atoms. The number of hydrogen-bond donors (Lipinski definition) is 2. The fraction of sp³-hybridized carbons (Fsp3) is 0.818. The van der Waals surface area contributed by atoms with Gasteiger partial charge in [0, 0.05) is 6.54 Å². The van der Waals surface area contributed by atoms with Crippen LogP contribution in [0.25, 0.3) is 0 Å². The molecule has 0 aliphatic carbocycles. The Hall–Kier alpha value is -1.47. The smallest absolute Gasteiger partial charge is 0.406 e. The number of unbranched alkanes of at least 4 members (excludes halogenated alkanes) is 1. The number of hydrogen-bond acceptors (Lipinski definition) is 2. The lowest BCUT2D eigenvalue weighted by Gasteiger charge is -2.24. The predicted octanol–water partition coefficient (Wildman–Crippen LogP) is 2.22. The second-order valence-electron chi connectivity index (χ2n) is 4.11. The zero-order valence-electron chi connectivity index (χ0n) is 11.0. The molecule has 5 nitrogen and oxygen atoms in total. The molecule has 0 spiro atoms. The fourth-order valence-corrected chi connectivity index (χ4v) is 1.45. The molecule has 0 aromatic carbocycles. The highest BCUT2D eigenvalue weighted by molar-refractivity contribution is 5.82. The molecule has 112 valence electrons. The average molecular weight is 284 g/mol. The van der Waals surface area contributed by atoms with Gasteiger partial charge in [-0.05, 0) is 13.3 Å². The number of nitrogens with zero attached hydrogens (tertiary/aromatic N) is 1. The molecule has 2 amide bonds. The quantitative estimate of drug-likeness (QED) is 0.753. The Labute approximate surface area is 109 Å². The molecular weight excluding hydrogens is 265 g/mol. The van der Waals surface area contributed by atoms with E-state index in [4.69, 9.17) is 5.11 Å². The van der Waals surface area contributed by atoms with E-state index in [2.05, 4.69) is 5.32 Å². The minimum Gasteiger partial charge on any atom is -0.480 e. The van der Waals surface area contributed by atoms with E-state index in [-0.39, 0.29) is 13.0 Å². The van der Waals surface area contributed by atoms with Gasteiger partial charge >= 0.3 is 18.2 Å². The van der Waals surface area contributed by atoms with Gasteiger partial charge in [-0.3, -0.25) is 0 Å². The third-order valence-corrected chi connectivity index (χ3v) is 2.48. The molecule has 8 heteroatoms. The first-order chi connectivity index (χ1) is 8.71. The molecule has 0 aromatic rings. The number of amides is 2. The fourth-order valence-electron chi connectivity index (χ4n) is 1.45. The van der Waals surface area contributed by atoms with Gasteiger partial charge in [-0.2, -0.15) is 13.2 Å². The summed E-state index contributed by atoms with van der Waals surface area (Å²) in [6, 6.07) is -2.17.